The van der Waals surface area contributed by atoms with Crippen LogP contribution in [-0.2, 0) is 23.0 Å². The molecule has 184 valence electrons. The maximum atomic E-state index is 13.9. The van der Waals surface area contributed by atoms with Crippen LogP contribution in [0, 0.1) is 5.82 Å². The molecule has 0 radical (unpaired) electrons. The Balaban J connectivity index is 1.61. The molecule has 1 aliphatic rings. The zero-order valence-electron chi connectivity index (χ0n) is 19.6. The second-order valence-corrected chi connectivity index (χ2v) is 10.0. The van der Waals surface area contributed by atoms with Gasteiger partial charge in [0.15, 0.2) is 0 Å². The predicted molar refractivity (Wildman–Crippen MR) is 136 cm³/mol. The van der Waals surface area contributed by atoms with E-state index in [0.29, 0.717) is 30.0 Å². The highest BCUT2D eigenvalue weighted by atomic mass is 32.2. The Hall–Kier alpha value is -3.43. The maximum Gasteiger partial charge on any atom is 0.261 e. The van der Waals surface area contributed by atoms with Crippen LogP contribution in [0.4, 0.5) is 15.8 Å². The lowest BCUT2D eigenvalue weighted by atomic mass is 10.1. The van der Waals surface area contributed by atoms with Crippen LogP contribution in [0.1, 0.15) is 28.4 Å². The number of carbonyl (C=O) groups is 1. The second kappa shape index (κ2) is 10.9. The van der Waals surface area contributed by atoms with Crippen molar-refractivity contribution in [3.05, 3.63) is 89.2 Å². The number of hydrogen-bond donors (Lipinski definition) is 3. The van der Waals surface area contributed by atoms with Gasteiger partial charge in [0.25, 0.3) is 15.9 Å². The molecule has 4 rings (SSSR count). The summed E-state index contributed by atoms with van der Waals surface area (Å²) in [4.78, 5) is 15.1. The van der Waals surface area contributed by atoms with Crippen molar-refractivity contribution >= 4 is 27.3 Å². The lowest BCUT2D eigenvalue weighted by Gasteiger charge is -2.31. The Labute approximate surface area is 205 Å². The minimum absolute atomic E-state index is 0.0237. The van der Waals surface area contributed by atoms with E-state index >= 15 is 0 Å². The highest BCUT2D eigenvalue weighted by Crippen LogP contribution is 2.30. The molecular formula is C26H29FN4O3S. The number of nitrogens with zero attached hydrogens (tertiary/aromatic N) is 1. The van der Waals surface area contributed by atoms with E-state index in [1.165, 1.54) is 12.1 Å². The van der Waals surface area contributed by atoms with Crippen LogP contribution in [0.2, 0.25) is 0 Å². The summed E-state index contributed by atoms with van der Waals surface area (Å²) in [5.74, 6) is -0.822. The summed E-state index contributed by atoms with van der Waals surface area (Å²) in [6.07, 6.45) is 0.810. The zero-order valence-corrected chi connectivity index (χ0v) is 20.4. The number of amides is 1. The number of sulfonamides is 1. The third kappa shape index (κ3) is 5.98. The van der Waals surface area contributed by atoms with Crippen molar-refractivity contribution in [2.75, 3.05) is 35.8 Å². The average molecular weight is 497 g/mol. The van der Waals surface area contributed by atoms with E-state index in [0.717, 1.165) is 25.1 Å². The van der Waals surface area contributed by atoms with Gasteiger partial charge in [-0.2, -0.15) is 0 Å². The van der Waals surface area contributed by atoms with E-state index in [9.17, 15) is 17.6 Å². The van der Waals surface area contributed by atoms with Gasteiger partial charge in [-0.15, -0.1) is 0 Å². The number of halogens is 1. The molecule has 0 aromatic heterocycles. The summed E-state index contributed by atoms with van der Waals surface area (Å²) < 4.78 is 43.0. The first-order chi connectivity index (χ1) is 16.9. The first-order valence-electron chi connectivity index (χ1n) is 11.6. The Morgan fingerprint density at radius 3 is 2.43 bits per heavy atom. The predicted octanol–water partition coefficient (Wildman–Crippen LogP) is 3.53. The molecule has 1 heterocycles. The number of aryl methyl sites for hydroxylation is 1. The Morgan fingerprint density at radius 1 is 1.03 bits per heavy atom. The standard InChI is InChI=1S/C26H29FN4O3S/c1-2-19-7-10-22(11-8-19)35(33,34)30-24-17-20(9-12-25(24)31-15-13-28-14-16-31)26(32)29-18-21-5-3-4-6-23(21)27/h3-12,17,28,30H,2,13-16,18H2,1H3,(H,29,32). The molecule has 9 heteroatoms. The van der Waals surface area contributed by atoms with Gasteiger partial charge in [-0.25, -0.2) is 12.8 Å². The van der Waals surface area contributed by atoms with Gasteiger partial charge >= 0.3 is 0 Å². The fourth-order valence-corrected chi connectivity index (χ4v) is 5.03. The monoisotopic (exact) mass is 496 g/mol. The van der Waals surface area contributed by atoms with Crippen molar-refractivity contribution in [2.24, 2.45) is 0 Å². The summed E-state index contributed by atoms with van der Waals surface area (Å²) in [6, 6.07) is 17.9. The van der Waals surface area contributed by atoms with Crippen molar-refractivity contribution in [1.82, 2.24) is 10.6 Å². The molecular weight excluding hydrogens is 467 g/mol. The summed E-state index contributed by atoms with van der Waals surface area (Å²) in [5.41, 5.74) is 2.71. The molecule has 1 fully saturated rings. The SMILES string of the molecule is CCc1ccc(S(=O)(=O)Nc2cc(C(=O)NCc3ccccc3F)ccc2N2CCNCC2)cc1. The number of hydrogen-bond acceptors (Lipinski definition) is 5. The number of nitrogens with one attached hydrogen (secondary N) is 3. The van der Waals surface area contributed by atoms with E-state index in [-0.39, 0.29) is 17.0 Å². The van der Waals surface area contributed by atoms with Crippen LogP contribution >= 0.6 is 0 Å². The Kier molecular flexibility index (Phi) is 7.67. The van der Waals surface area contributed by atoms with Crippen LogP contribution in [0.3, 0.4) is 0 Å². The van der Waals surface area contributed by atoms with E-state index in [4.69, 9.17) is 0 Å². The van der Waals surface area contributed by atoms with Crippen LogP contribution in [-0.4, -0.2) is 40.5 Å². The molecule has 0 atom stereocenters. The van der Waals surface area contributed by atoms with Gasteiger partial charge < -0.3 is 15.5 Å². The third-order valence-electron chi connectivity index (χ3n) is 6.00. The quantitative estimate of drug-likeness (QED) is 0.444. The van der Waals surface area contributed by atoms with Gasteiger partial charge in [-0.05, 0) is 48.4 Å². The molecule has 0 saturated carbocycles. The topological polar surface area (TPSA) is 90.5 Å². The van der Waals surface area contributed by atoms with Gasteiger partial charge in [0, 0.05) is 43.9 Å². The van der Waals surface area contributed by atoms with Crippen LogP contribution < -0.4 is 20.3 Å². The largest absolute Gasteiger partial charge is 0.367 e. The minimum Gasteiger partial charge on any atom is -0.367 e. The van der Waals surface area contributed by atoms with E-state index in [2.05, 4.69) is 20.3 Å². The van der Waals surface area contributed by atoms with Gasteiger partial charge in [-0.1, -0.05) is 37.3 Å². The smallest absolute Gasteiger partial charge is 0.261 e. The number of benzene rings is 3. The highest BCUT2D eigenvalue weighted by molar-refractivity contribution is 7.92. The molecule has 3 N–H and O–H groups in total. The molecule has 0 bridgehead atoms. The van der Waals surface area contributed by atoms with Crippen LogP contribution in [0.5, 0.6) is 0 Å². The Morgan fingerprint density at radius 2 is 1.74 bits per heavy atom. The maximum absolute atomic E-state index is 13.9. The second-order valence-electron chi connectivity index (χ2n) is 8.35. The van der Waals surface area contributed by atoms with E-state index in [1.807, 2.05) is 6.92 Å². The molecule has 35 heavy (non-hydrogen) atoms. The van der Waals surface area contributed by atoms with E-state index in [1.54, 1.807) is 54.6 Å². The third-order valence-corrected chi connectivity index (χ3v) is 7.38. The normalized spacial score (nSPS) is 13.9. The van der Waals surface area contributed by atoms with Crippen molar-refractivity contribution in [2.45, 2.75) is 24.8 Å². The highest BCUT2D eigenvalue weighted by Gasteiger charge is 2.21. The summed E-state index contributed by atoms with van der Waals surface area (Å²) in [6.45, 7) is 4.99. The summed E-state index contributed by atoms with van der Waals surface area (Å²) in [5, 5.41) is 5.99. The average Bonchev–Trinajstić information content (AvgIpc) is 2.88. The van der Waals surface area contributed by atoms with Gasteiger partial charge in [0.2, 0.25) is 0 Å². The Bertz CT molecular complexity index is 1290. The zero-order chi connectivity index (χ0) is 24.8. The van der Waals surface area contributed by atoms with Crippen molar-refractivity contribution in [3.63, 3.8) is 0 Å². The first-order valence-corrected chi connectivity index (χ1v) is 13.1. The van der Waals surface area contributed by atoms with E-state index < -0.39 is 21.7 Å². The first kappa shape index (κ1) is 24.7. The van der Waals surface area contributed by atoms with Crippen molar-refractivity contribution < 1.29 is 17.6 Å². The molecule has 1 amide bonds. The lowest BCUT2D eigenvalue weighted by molar-refractivity contribution is 0.0950. The number of carbonyl (C=O) groups excluding carboxylic acids is 1. The summed E-state index contributed by atoms with van der Waals surface area (Å²) in [7, 11) is -3.88. The van der Waals surface area contributed by atoms with Crippen LogP contribution in [0.25, 0.3) is 0 Å². The number of anilines is 2. The minimum atomic E-state index is -3.88. The van der Waals surface area contributed by atoms with Gasteiger partial charge in [-0.3, -0.25) is 9.52 Å². The van der Waals surface area contributed by atoms with Crippen LogP contribution in [0.15, 0.2) is 71.6 Å². The molecule has 7 nitrogen and oxygen atoms in total. The molecule has 0 spiro atoms. The number of piperazine rings is 1. The molecule has 0 aliphatic carbocycles. The molecule has 3 aromatic rings. The van der Waals surface area contributed by atoms with Gasteiger partial charge in [0.05, 0.1) is 16.3 Å². The molecule has 1 saturated heterocycles. The summed E-state index contributed by atoms with van der Waals surface area (Å²) >= 11 is 0. The molecule has 0 unspecified atom stereocenters. The van der Waals surface area contributed by atoms with Crippen molar-refractivity contribution in [1.29, 1.82) is 0 Å². The number of rotatable bonds is 8. The molecule has 1 aliphatic heterocycles. The van der Waals surface area contributed by atoms with Crippen molar-refractivity contribution in [3.8, 4) is 0 Å². The van der Waals surface area contributed by atoms with Gasteiger partial charge in [0.1, 0.15) is 5.82 Å². The lowest BCUT2D eigenvalue weighted by Crippen LogP contribution is -2.43. The fourth-order valence-electron chi connectivity index (χ4n) is 3.97. The fraction of sp³-hybridized carbons (Fsp3) is 0.269. The molecule has 3 aromatic carbocycles.